The normalized spacial score (nSPS) is 14.9. The lowest BCUT2D eigenvalue weighted by molar-refractivity contribution is 0.111. The van der Waals surface area contributed by atoms with Crippen LogP contribution in [0.25, 0.3) is 0 Å². The molecule has 1 aliphatic heterocycles. The fourth-order valence-electron chi connectivity index (χ4n) is 2.99. The zero-order chi connectivity index (χ0) is 19.6. The first kappa shape index (κ1) is 24.6. The highest BCUT2D eigenvalue weighted by Crippen LogP contribution is 2.22. The molecule has 0 unspecified atom stereocenters. The molecule has 1 heterocycles. The second kappa shape index (κ2) is 12.9. The molecule has 7 nitrogen and oxygen atoms in total. The third-order valence-corrected chi connectivity index (χ3v) is 4.88. The molecule has 1 aliphatic rings. The molecule has 1 aromatic carbocycles. The SMILES string of the molecule is CCNC(=NCCc1ccc(OC)cc1Cl)NC1CCN(C(=O)OC)CC1.I. The molecule has 1 saturated heterocycles. The van der Waals surface area contributed by atoms with Crippen molar-refractivity contribution < 1.29 is 14.3 Å². The average Bonchev–Trinajstić information content (AvgIpc) is 2.69. The minimum atomic E-state index is -0.259. The van der Waals surface area contributed by atoms with Crippen LogP contribution in [0.4, 0.5) is 4.79 Å². The summed E-state index contributed by atoms with van der Waals surface area (Å²) in [5.74, 6) is 1.54. The number of ether oxygens (including phenoxy) is 2. The fourth-order valence-corrected chi connectivity index (χ4v) is 3.26. The molecular weight excluding hydrogens is 495 g/mol. The van der Waals surface area contributed by atoms with Gasteiger partial charge in [-0.1, -0.05) is 17.7 Å². The molecule has 2 N–H and O–H groups in total. The third-order valence-electron chi connectivity index (χ3n) is 4.52. The Hall–Kier alpha value is -1.42. The quantitative estimate of drug-likeness (QED) is 0.339. The van der Waals surface area contributed by atoms with E-state index in [1.807, 2.05) is 25.1 Å². The van der Waals surface area contributed by atoms with E-state index in [1.165, 1.54) is 7.11 Å². The summed E-state index contributed by atoms with van der Waals surface area (Å²) in [4.78, 5) is 18.0. The van der Waals surface area contributed by atoms with Crippen molar-refractivity contribution in [2.75, 3.05) is 40.4 Å². The summed E-state index contributed by atoms with van der Waals surface area (Å²) in [6.07, 6.45) is 2.22. The Morgan fingerprint density at radius 2 is 2.04 bits per heavy atom. The van der Waals surface area contributed by atoms with Crippen LogP contribution in [0, 0.1) is 0 Å². The van der Waals surface area contributed by atoms with Gasteiger partial charge < -0.3 is 25.0 Å². The number of aliphatic imine (C=N–C) groups is 1. The van der Waals surface area contributed by atoms with E-state index in [-0.39, 0.29) is 36.1 Å². The van der Waals surface area contributed by atoms with Gasteiger partial charge in [0.05, 0.1) is 14.2 Å². The maximum absolute atomic E-state index is 11.6. The molecule has 1 amide bonds. The molecule has 0 spiro atoms. The zero-order valence-electron chi connectivity index (χ0n) is 16.7. The van der Waals surface area contributed by atoms with Gasteiger partial charge in [0.25, 0.3) is 0 Å². The van der Waals surface area contributed by atoms with Gasteiger partial charge in [-0.05, 0) is 43.9 Å². The lowest BCUT2D eigenvalue weighted by atomic mass is 10.1. The van der Waals surface area contributed by atoms with Crippen molar-refractivity contribution in [3.8, 4) is 5.75 Å². The second-order valence-corrected chi connectivity index (χ2v) is 6.75. The van der Waals surface area contributed by atoms with Gasteiger partial charge in [-0.2, -0.15) is 0 Å². The number of rotatable bonds is 6. The van der Waals surface area contributed by atoms with E-state index < -0.39 is 0 Å². The molecule has 0 saturated carbocycles. The van der Waals surface area contributed by atoms with Crippen LogP contribution < -0.4 is 15.4 Å². The third kappa shape index (κ3) is 7.54. The van der Waals surface area contributed by atoms with Crippen LogP contribution in [0.15, 0.2) is 23.2 Å². The van der Waals surface area contributed by atoms with Crippen molar-refractivity contribution in [2.45, 2.75) is 32.2 Å². The first-order valence-electron chi connectivity index (χ1n) is 9.27. The van der Waals surface area contributed by atoms with E-state index >= 15 is 0 Å². The van der Waals surface area contributed by atoms with Crippen LogP contribution >= 0.6 is 35.6 Å². The van der Waals surface area contributed by atoms with Crippen molar-refractivity contribution in [3.05, 3.63) is 28.8 Å². The number of amides is 1. The Kier molecular flexibility index (Phi) is 11.4. The van der Waals surface area contributed by atoms with Gasteiger partial charge in [0, 0.05) is 37.2 Å². The Labute approximate surface area is 189 Å². The lowest BCUT2D eigenvalue weighted by Crippen LogP contribution is -2.49. The number of nitrogens with zero attached hydrogens (tertiary/aromatic N) is 2. The predicted molar refractivity (Wildman–Crippen MR) is 123 cm³/mol. The molecule has 1 fully saturated rings. The maximum Gasteiger partial charge on any atom is 0.409 e. The summed E-state index contributed by atoms with van der Waals surface area (Å²) in [5, 5.41) is 7.43. The van der Waals surface area contributed by atoms with Crippen LogP contribution in [-0.2, 0) is 11.2 Å². The van der Waals surface area contributed by atoms with E-state index in [0.717, 1.165) is 43.1 Å². The van der Waals surface area contributed by atoms with Crippen molar-refractivity contribution in [1.82, 2.24) is 15.5 Å². The molecule has 0 aromatic heterocycles. The number of hydrogen-bond acceptors (Lipinski definition) is 4. The molecule has 2 rings (SSSR count). The van der Waals surface area contributed by atoms with Gasteiger partial charge >= 0.3 is 6.09 Å². The lowest BCUT2D eigenvalue weighted by Gasteiger charge is -2.32. The largest absolute Gasteiger partial charge is 0.497 e. The number of carbonyl (C=O) groups is 1. The maximum atomic E-state index is 11.6. The van der Waals surface area contributed by atoms with E-state index in [0.29, 0.717) is 24.7 Å². The van der Waals surface area contributed by atoms with Crippen LogP contribution in [-0.4, -0.2) is 63.4 Å². The molecule has 1 aromatic rings. The van der Waals surface area contributed by atoms with E-state index in [2.05, 4.69) is 15.6 Å². The zero-order valence-corrected chi connectivity index (χ0v) is 19.8. The van der Waals surface area contributed by atoms with Crippen molar-refractivity contribution in [2.24, 2.45) is 4.99 Å². The van der Waals surface area contributed by atoms with Gasteiger partial charge in [0.1, 0.15) is 5.75 Å². The summed E-state index contributed by atoms with van der Waals surface area (Å²) in [6.45, 7) is 4.83. The van der Waals surface area contributed by atoms with E-state index in [1.54, 1.807) is 12.0 Å². The minimum absolute atomic E-state index is 0. The Morgan fingerprint density at radius 1 is 1.32 bits per heavy atom. The van der Waals surface area contributed by atoms with Gasteiger partial charge in [-0.25, -0.2) is 4.79 Å². The molecule has 9 heteroatoms. The van der Waals surface area contributed by atoms with Crippen LogP contribution in [0.5, 0.6) is 5.75 Å². The number of carbonyl (C=O) groups excluding carboxylic acids is 1. The smallest absolute Gasteiger partial charge is 0.409 e. The molecule has 0 bridgehead atoms. The molecule has 0 radical (unpaired) electrons. The van der Waals surface area contributed by atoms with Crippen molar-refractivity contribution in [1.29, 1.82) is 0 Å². The highest BCUT2D eigenvalue weighted by atomic mass is 127. The average molecular weight is 525 g/mol. The van der Waals surface area contributed by atoms with E-state index in [9.17, 15) is 4.79 Å². The number of methoxy groups -OCH3 is 2. The Morgan fingerprint density at radius 3 is 2.61 bits per heavy atom. The van der Waals surface area contributed by atoms with Crippen molar-refractivity contribution >= 4 is 47.6 Å². The summed E-state index contributed by atoms with van der Waals surface area (Å²) >= 11 is 6.29. The van der Waals surface area contributed by atoms with Gasteiger partial charge in [0.15, 0.2) is 5.96 Å². The van der Waals surface area contributed by atoms with Gasteiger partial charge in [0.2, 0.25) is 0 Å². The molecule has 0 aliphatic carbocycles. The molecule has 28 heavy (non-hydrogen) atoms. The highest BCUT2D eigenvalue weighted by Gasteiger charge is 2.23. The Bertz CT molecular complexity index is 652. The highest BCUT2D eigenvalue weighted by molar-refractivity contribution is 14.0. The van der Waals surface area contributed by atoms with Gasteiger partial charge in [-0.3, -0.25) is 4.99 Å². The molecule has 158 valence electrons. The number of likely N-dealkylation sites (tertiary alicyclic amines) is 1. The number of halogens is 2. The number of piperidine rings is 1. The standard InChI is InChI=1S/C19H29ClN4O3.HI/c1-4-21-18(23-15-8-11-24(12-9-15)19(25)27-3)22-10-7-14-5-6-16(26-2)13-17(14)20;/h5-6,13,15H,4,7-12H2,1-3H3,(H2,21,22,23);1H. The van der Waals surface area contributed by atoms with E-state index in [4.69, 9.17) is 21.1 Å². The monoisotopic (exact) mass is 524 g/mol. The number of guanidine groups is 1. The van der Waals surface area contributed by atoms with Crippen LogP contribution in [0.3, 0.4) is 0 Å². The molecular formula is C19H30ClIN4O3. The first-order chi connectivity index (χ1) is 13.1. The summed E-state index contributed by atoms with van der Waals surface area (Å²) < 4.78 is 9.95. The van der Waals surface area contributed by atoms with Gasteiger partial charge in [-0.15, -0.1) is 24.0 Å². The number of hydrogen-bond donors (Lipinski definition) is 2. The topological polar surface area (TPSA) is 75.2 Å². The summed E-state index contributed by atoms with van der Waals surface area (Å²) in [6, 6.07) is 5.98. The second-order valence-electron chi connectivity index (χ2n) is 6.34. The van der Waals surface area contributed by atoms with Crippen LogP contribution in [0.1, 0.15) is 25.3 Å². The summed E-state index contributed by atoms with van der Waals surface area (Å²) in [5.41, 5.74) is 1.04. The van der Waals surface area contributed by atoms with Crippen LogP contribution in [0.2, 0.25) is 5.02 Å². The number of nitrogens with one attached hydrogen (secondary N) is 2. The fraction of sp³-hybridized carbons (Fsp3) is 0.579. The summed E-state index contributed by atoms with van der Waals surface area (Å²) in [7, 11) is 3.04. The van der Waals surface area contributed by atoms with Crippen molar-refractivity contribution in [3.63, 3.8) is 0 Å². The minimum Gasteiger partial charge on any atom is -0.497 e. The first-order valence-corrected chi connectivity index (χ1v) is 9.65. The predicted octanol–water partition coefficient (Wildman–Crippen LogP) is 3.30. The Balaban J connectivity index is 0.00000392. The molecule has 0 atom stereocenters. The number of benzene rings is 1.